The molecule has 0 unspecified atom stereocenters. The smallest absolute Gasteiger partial charge is 0.247 e. The number of nitrogens with one attached hydrogen (secondary N) is 1. The Morgan fingerprint density at radius 2 is 1.67 bits per heavy atom. The van der Waals surface area contributed by atoms with Crippen LogP contribution in [0.15, 0.2) is 39.4 Å². The molecule has 0 aliphatic heterocycles. The van der Waals surface area contributed by atoms with Crippen LogP contribution in [0.1, 0.15) is 31.9 Å². The predicted molar refractivity (Wildman–Crippen MR) is 111 cm³/mol. The molecule has 0 spiro atoms. The van der Waals surface area contributed by atoms with E-state index in [2.05, 4.69) is 15.2 Å². The van der Waals surface area contributed by atoms with Gasteiger partial charge in [-0.15, -0.1) is 5.10 Å². The van der Waals surface area contributed by atoms with E-state index >= 15 is 0 Å². The van der Waals surface area contributed by atoms with E-state index in [1.54, 1.807) is 6.07 Å². The minimum Gasteiger partial charge on any atom is -0.247 e. The van der Waals surface area contributed by atoms with Gasteiger partial charge in [-0.3, -0.25) is 0 Å². The minimum atomic E-state index is -4.57. The van der Waals surface area contributed by atoms with Gasteiger partial charge in [-0.05, 0) is 40.9 Å². The number of pyridine rings is 1. The molecular formula is C18H14Cl3F3N4OS. The maximum atomic E-state index is 12.9. The lowest BCUT2D eigenvalue weighted by Crippen LogP contribution is -2.22. The highest BCUT2D eigenvalue weighted by atomic mass is 35.5. The molecule has 1 aromatic carbocycles. The second-order valence-corrected chi connectivity index (χ2v) is 9.47. The van der Waals surface area contributed by atoms with Crippen molar-refractivity contribution in [2.75, 3.05) is 0 Å². The number of hydrogen-bond acceptors (Lipinski definition) is 4. The predicted octanol–water partition coefficient (Wildman–Crippen LogP) is 6.38. The van der Waals surface area contributed by atoms with E-state index in [4.69, 9.17) is 34.8 Å². The van der Waals surface area contributed by atoms with Crippen molar-refractivity contribution in [2.45, 2.75) is 42.5 Å². The Bertz CT molecular complexity index is 1170. The number of rotatable bonds is 3. The molecule has 1 N–H and O–H groups in total. The first-order valence-electron chi connectivity index (χ1n) is 8.37. The molecule has 0 radical (unpaired) electrons. The third kappa shape index (κ3) is 4.64. The molecule has 5 nitrogen and oxygen atoms in total. The third-order valence-electron chi connectivity index (χ3n) is 4.05. The molecule has 0 atom stereocenters. The minimum absolute atomic E-state index is 0.0577. The van der Waals surface area contributed by atoms with Crippen LogP contribution in [0.3, 0.4) is 0 Å². The summed E-state index contributed by atoms with van der Waals surface area (Å²) in [4.78, 5) is 16.3. The summed E-state index contributed by atoms with van der Waals surface area (Å²) in [6.07, 6.45) is -3.90. The molecule has 0 amide bonds. The molecule has 30 heavy (non-hydrogen) atoms. The van der Waals surface area contributed by atoms with Gasteiger partial charge in [0.05, 0.1) is 26.3 Å². The zero-order valence-electron chi connectivity index (χ0n) is 15.7. The highest BCUT2D eigenvalue weighted by Crippen LogP contribution is 2.38. The van der Waals surface area contributed by atoms with Crippen LogP contribution in [0, 0.1) is 0 Å². The lowest BCUT2D eigenvalue weighted by Gasteiger charge is -2.24. The van der Waals surface area contributed by atoms with Gasteiger partial charge in [0.25, 0.3) is 0 Å². The summed E-state index contributed by atoms with van der Waals surface area (Å²) in [5.41, 5.74) is -0.804. The number of alkyl halides is 3. The Kier molecular flexibility index (Phi) is 6.21. The van der Waals surface area contributed by atoms with E-state index < -0.39 is 22.8 Å². The van der Waals surface area contributed by atoms with Crippen LogP contribution in [0.25, 0.3) is 5.69 Å². The Labute approximate surface area is 188 Å². The van der Waals surface area contributed by atoms with E-state index in [0.717, 1.165) is 17.8 Å². The van der Waals surface area contributed by atoms with Crippen molar-refractivity contribution in [2.24, 2.45) is 0 Å². The zero-order valence-corrected chi connectivity index (χ0v) is 18.8. The van der Waals surface area contributed by atoms with Crippen molar-refractivity contribution in [1.29, 1.82) is 0 Å². The Hall–Kier alpha value is -1.68. The first kappa shape index (κ1) is 23.0. The second kappa shape index (κ2) is 8.11. The third-order valence-corrected chi connectivity index (χ3v) is 6.15. The van der Waals surface area contributed by atoms with Crippen LogP contribution in [0.5, 0.6) is 0 Å². The Morgan fingerprint density at radius 1 is 1.03 bits per heavy atom. The fraction of sp³-hybridized carbons (Fsp3) is 0.278. The topological polar surface area (TPSA) is 63.6 Å². The fourth-order valence-electron chi connectivity index (χ4n) is 2.63. The molecule has 0 saturated carbocycles. The quantitative estimate of drug-likeness (QED) is 0.456. The molecule has 0 aliphatic carbocycles. The number of aromatic nitrogens is 4. The fourth-order valence-corrected chi connectivity index (χ4v) is 4.03. The Morgan fingerprint density at radius 3 is 2.23 bits per heavy atom. The first-order valence-corrected chi connectivity index (χ1v) is 10.3. The molecule has 0 saturated heterocycles. The van der Waals surface area contributed by atoms with Gasteiger partial charge in [-0.2, -0.15) is 13.2 Å². The van der Waals surface area contributed by atoms with Crippen molar-refractivity contribution in [3.05, 3.63) is 61.1 Å². The van der Waals surface area contributed by atoms with Crippen LogP contribution in [-0.4, -0.2) is 19.7 Å². The van der Waals surface area contributed by atoms with Crippen LogP contribution in [-0.2, 0) is 11.6 Å². The number of benzene rings is 1. The van der Waals surface area contributed by atoms with Gasteiger partial charge >= 0.3 is 11.9 Å². The Balaban J connectivity index is 2.13. The molecule has 12 heteroatoms. The van der Waals surface area contributed by atoms with Gasteiger partial charge in [0.1, 0.15) is 5.03 Å². The molecule has 2 aromatic heterocycles. The number of aromatic amines is 1. The summed E-state index contributed by atoms with van der Waals surface area (Å²) < 4.78 is 39.8. The van der Waals surface area contributed by atoms with E-state index in [-0.39, 0.29) is 20.2 Å². The van der Waals surface area contributed by atoms with E-state index in [1.807, 2.05) is 20.8 Å². The molecule has 160 valence electrons. The molecule has 3 rings (SSSR count). The number of H-pyrrole nitrogens is 1. The van der Waals surface area contributed by atoms with Crippen LogP contribution in [0.2, 0.25) is 15.1 Å². The summed E-state index contributed by atoms with van der Waals surface area (Å²) in [6.45, 7) is 5.80. The summed E-state index contributed by atoms with van der Waals surface area (Å²) in [6, 6.07) is 3.97. The van der Waals surface area contributed by atoms with E-state index in [9.17, 15) is 18.0 Å². The molecule has 0 fully saturated rings. The average molecular weight is 498 g/mol. The standard InChI is InChI=1S/C18H14Cl3F3N4OS/c1-17(2,3)9-5-10(19)11(20)6-13(9)28-15(29)26-27-16(28)30-14-12(21)4-8(7-25-14)18(22,23)24/h4-7H,1-3H3,(H,26,29). The van der Waals surface area contributed by atoms with Crippen LogP contribution in [0.4, 0.5) is 13.2 Å². The van der Waals surface area contributed by atoms with Crippen molar-refractivity contribution in [3.63, 3.8) is 0 Å². The van der Waals surface area contributed by atoms with Crippen molar-refractivity contribution in [3.8, 4) is 5.69 Å². The summed E-state index contributed by atoms with van der Waals surface area (Å²) in [5, 5.41) is 6.81. The van der Waals surface area contributed by atoms with Crippen LogP contribution < -0.4 is 5.69 Å². The van der Waals surface area contributed by atoms with Gasteiger partial charge in [-0.1, -0.05) is 55.6 Å². The van der Waals surface area contributed by atoms with Gasteiger partial charge in [0.2, 0.25) is 5.16 Å². The van der Waals surface area contributed by atoms with E-state index in [1.165, 1.54) is 10.6 Å². The lowest BCUT2D eigenvalue weighted by atomic mass is 9.85. The number of halogens is 6. The van der Waals surface area contributed by atoms with Gasteiger partial charge in [-0.25, -0.2) is 19.4 Å². The maximum Gasteiger partial charge on any atom is 0.417 e. The molecule has 2 heterocycles. The lowest BCUT2D eigenvalue weighted by molar-refractivity contribution is -0.137. The van der Waals surface area contributed by atoms with Gasteiger partial charge in [0.15, 0.2) is 0 Å². The molecule has 3 aromatic rings. The first-order chi connectivity index (χ1) is 13.8. The summed E-state index contributed by atoms with van der Waals surface area (Å²) in [5.74, 6) is 0. The molecule has 0 bridgehead atoms. The molecular weight excluding hydrogens is 484 g/mol. The van der Waals surface area contributed by atoms with Crippen molar-refractivity contribution >= 4 is 46.6 Å². The van der Waals surface area contributed by atoms with E-state index in [0.29, 0.717) is 22.5 Å². The average Bonchev–Trinajstić information content (AvgIpc) is 2.97. The van der Waals surface area contributed by atoms with Gasteiger partial charge < -0.3 is 0 Å². The zero-order chi connectivity index (χ0) is 22.4. The maximum absolute atomic E-state index is 12.9. The molecule has 0 aliphatic rings. The largest absolute Gasteiger partial charge is 0.417 e. The summed E-state index contributed by atoms with van der Waals surface area (Å²) in [7, 11) is 0. The highest BCUT2D eigenvalue weighted by molar-refractivity contribution is 7.99. The SMILES string of the molecule is CC(C)(C)c1cc(Cl)c(Cl)cc1-n1c(Sc2ncc(C(F)(F)F)cc2Cl)n[nH]c1=O. The normalized spacial score (nSPS) is 12.4. The van der Waals surface area contributed by atoms with Crippen molar-refractivity contribution in [1.82, 2.24) is 19.7 Å². The highest BCUT2D eigenvalue weighted by Gasteiger charge is 2.32. The number of hydrogen-bond donors (Lipinski definition) is 1. The number of nitrogens with zero attached hydrogens (tertiary/aromatic N) is 3. The second-order valence-electron chi connectivity index (χ2n) is 7.29. The van der Waals surface area contributed by atoms with Crippen LogP contribution >= 0.6 is 46.6 Å². The van der Waals surface area contributed by atoms with Crippen molar-refractivity contribution < 1.29 is 13.2 Å². The van der Waals surface area contributed by atoms with Gasteiger partial charge in [0, 0.05) is 6.20 Å². The monoisotopic (exact) mass is 496 g/mol. The summed E-state index contributed by atoms with van der Waals surface area (Å²) >= 11 is 19.2.